The molecule has 0 saturated carbocycles. The van der Waals surface area contributed by atoms with Gasteiger partial charge in [-0.15, -0.1) is 11.3 Å². The van der Waals surface area contributed by atoms with Gasteiger partial charge in [0.05, 0.1) is 24.5 Å². The number of aryl methyl sites for hydroxylation is 1. The van der Waals surface area contributed by atoms with Crippen molar-refractivity contribution in [2.45, 2.75) is 13.5 Å². The minimum atomic E-state index is -0.263. The highest BCUT2D eigenvalue weighted by Gasteiger charge is 2.14. The van der Waals surface area contributed by atoms with Gasteiger partial charge in [0.15, 0.2) is 5.13 Å². The van der Waals surface area contributed by atoms with Crippen LogP contribution in [0.4, 0.5) is 5.13 Å². The molecule has 7 nitrogen and oxygen atoms in total. The second kappa shape index (κ2) is 7.84. The van der Waals surface area contributed by atoms with E-state index in [1.54, 1.807) is 25.3 Å². The number of nitrogens with zero attached hydrogens (tertiary/aromatic N) is 3. The quantitative estimate of drug-likeness (QED) is 0.548. The molecule has 0 aliphatic carbocycles. The summed E-state index contributed by atoms with van der Waals surface area (Å²) >= 11 is 1.41. The van der Waals surface area contributed by atoms with Crippen molar-refractivity contribution in [3.8, 4) is 17.0 Å². The van der Waals surface area contributed by atoms with Crippen LogP contribution in [0.15, 0.2) is 59.5 Å². The largest absolute Gasteiger partial charge is 0.497 e. The molecule has 0 spiro atoms. The van der Waals surface area contributed by atoms with Crippen molar-refractivity contribution in [2.75, 3.05) is 12.4 Å². The maximum Gasteiger partial charge on any atom is 0.247 e. The first-order valence-electron chi connectivity index (χ1n) is 8.92. The lowest BCUT2D eigenvalue weighted by Gasteiger charge is -2.08. The number of anilines is 1. The molecule has 0 saturated heterocycles. The number of nitrogens with one attached hydrogen (secondary N) is 1. The fourth-order valence-electron chi connectivity index (χ4n) is 3.05. The third-order valence-electron chi connectivity index (χ3n) is 4.46. The van der Waals surface area contributed by atoms with Gasteiger partial charge in [0.2, 0.25) is 11.3 Å². The Morgan fingerprint density at radius 2 is 1.93 bits per heavy atom. The van der Waals surface area contributed by atoms with Gasteiger partial charge in [0, 0.05) is 15.8 Å². The maximum absolute atomic E-state index is 12.6. The van der Waals surface area contributed by atoms with Crippen LogP contribution in [0.1, 0.15) is 4.88 Å². The molecule has 8 heteroatoms. The Hall–Kier alpha value is -3.52. The summed E-state index contributed by atoms with van der Waals surface area (Å²) in [6, 6.07) is 14.7. The lowest BCUT2D eigenvalue weighted by Crippen LogP contribution is -2.22. The third-order valence-corrected chi connectivity index (χ3v) is 5.35. The van der Waals surface area contributed by atoms with Gasteiger partial charge >= 0.3 is 0 Å². The van der Waals surface area contributed by atoms with Gasteiger partial charge in [-0.05, 0) is 43.3 Å². The van der Waals surface area contributed by atoms with Gasteiger partial charge in [0.25, 0.3) is 0 Å². The molecule has 0 fully saturated rings. The molecule has 0 aliphatic heterocycles. The fourth-order valence-corrected chi connectivity index (χ4v) is 3.90. The average Bonchev–Trinajstić information content (AvgIpc) is 3.10. The monoisotopic (exact) mass is 406 g/mol. The van der Waals surface area contributed by atoms with Gasteiger partial charge in [-0.2, -0.15) is 5.10 Å². The molecular formula is C21H18N4O3S. The van der Waals surface area contributed by atoms with Gasteiger partial charge in [-0.25, -0.2) is 4.98 Å². The number of aromatic nitrogens is 3. The van der Waals surface area contributed by atoms with E-state index in [9.17, 15) is 9.59 Å². The zero-order valence-electron chi connectivity index (χ0n) is 15.9. The summed E-state index contributed by atoms with van der Waals surface area (Å²) in [6.45, 7) is 1.95. The summed E-state index contributed by atoms with van der Waals surface area (Å²) in [5.41, 5.74) is 2.22. The van der Waals surface area contributed by atoms with E-state index in [0.29, 0.717) is 16.0 Å². The SMILES string of the molecule is COc1ccc(-c2nc(NC(=O)Cn3ncc(=O)c4ccccc43)sc2C)cc1. The maximum atomic E-state index is 12.6. The first-order chi connectivity index (χ1) is 14.0. The van der Waals surface area contributed by atoms with Crippen molar-refractivity contribution < 1.29 is 9.53 Å². The Kier molecular flexibility index (Phi) is 5.09. The lowest BCUT2D eigenvalue weighted by atomic mass is 10.1. The van der Waals surface area contributed by atoms with Crippen molar-refractivity contribution in [1.29, 1.82) is 0 Å². The summed E-state index contributed by atoms with van der Waals surface area (Å²) in [7, 11) is 1.62. The molecule has 0 bridgehead atoms. The molecule has 2 heterocycles. The second-order valence-electron chi connectivity index (χ2n) is 6.38. The Labute approximate surface area is 170 Å². The molecule has 1 amide bonds. The first kappa shape index (κ1) is 18.8. The van der Waals surface area contributed by atoms with E-state index in [1.165, 1.54) is 22.2 Å². The molecule has 2 aromatic carbocycles. The highest BCUT2D eigenvalue weighted by Crippen LogP contribution is 2.31. The van der Waals surface area contributed by atoms with Crippen LogP contribution in [-0.2, 0) is 11.3 Å². The van der Waals surface area contributed by atoms with Crippen molar-refractivity contribution in [2.24, 2.45) is 0 Å². The van der Waals surface area contributed by atoms with Crippen LogP contribution in [0, 0.1) is 6.92 Å². The molecular weight excluding hydrogens is 388 g/mol. The van der Waals surface area contributed by atoms with Crippen LogP contribution in [0.5, 0.6) is 5.75 Å². The van der Waals surface area contributed by atoms with Crippen LogP contribution in [0.25, 0.3) is 22.2 Å². The van der Waals surface area contributed by atoms with Crippen LogP contribution < -0.4 is 15.5 Å². The second-order valence-corrected chi connectivity index (χ2v) is 7.59. The van der Waals surface area contributed by atoms with Gasteiger partial charge in [0.1, 0.15) is 12.3 Å². The Morgan fingerprint density at radius 3 is 2.69 bits per heavy atom. The number of rotatable bonds is 5. The van der Waals surface area contributed by atoms with Gasteiger partial charge < -0.3 is 10.1 Å². The number of fused-ring (bicyclic) bond motifs is 1. The van der Waals surface area contributed by atoms with Crippen LogP contribution in [-0.4, -0.2) is 27.8 Å². The normalized spacial score (nSPS) is 10.8. The number of carbonyl (C=O) groups excluding carboxylic acids is 1. The first-order valence-corrected chi connectivity index (χ1v) is 9.73. The van der Waals surface area contributed by atoms with Crippen molar-refractivity contribution in [1.82, 2.24) is 14.8 Å². The van der Waals surface area contributed by atoms with E-state index in [1.807, 2.05) is 37.3 Å². The van der Waals surface area contributed by atoms with Crippen LogP contribution in [0.3, 0.4) is 0 Å². The van der Waals surface area contributed by atoms with E-state index in [-0.39, 0.29) is 17.9 Å². The molecule has 0 unspecified atom stereocenters. The predicted octanol–water partition coefficient (Wildman–Crippen LogP) is 3.48. The number of hydrogen-bond donors (Lipinski definition) is 1. The molecule has 0 atom stereocenters. The highest BCUT2D eigenvalue weighted by molar-refractivity contribution is 7.16. The van der Waals surface area contributed by atoms with Crippen LogP contribution in [0.2, 0.25) is 0 Å². The fraction of sp³-hybridized carbons (Fsp3) is 0.143. The topological polar surface area (TPSA) is 86.1 Å². The zero-order valence-corrected chi connectivity index (χ0v) is 16.7. The number of ether oxygens (including phenoxy) is 1. The lowest BCUT2D eigenvalue weighted by molar-refractivity contribution is -0.116. The summed E-state index contributed by atoms with van der Waals surface area (Å²) in [5.74, 6) is 0.511. The van der Waals surface area contributed by atoms with E-state index in [2.05, 4.69) is 15.4 Å². The number of amides is 1. The number of benzene rings is 2. The Balaban J connectivity index is 1.54. The molecule has 29 heavy (non-hydrogen) atoms. The van der Waals surface area contributed by atoms with E-state index < -0.39 is 0 Å². The van der Waals surface area contributed by atoms with Crippen molar-refractivity contribution in [3.05, 3.63) is 69.8 Å². The van der Waals surface area contributed by atoms with E-state index >= 15 is 0 Å². The summed E-state index contributed by atoms with van der Waals surface area (Å²) in [4.78, 5) is 30.0. The van der Waals surface area contributed by atoms with Gasteiger partial charge in [-0.3, -0.25) is 14.3 Å². The van der Waals surface area contributed by atoms with Crippen molar-refractivity contribution >= 4 is 33.3 Å². The molecule has 4 aromatic rings. The molecule has 0 aliphatic rings. The minimum Gasteiger partial charge on any atom is -0.497 e. The smallest absolute Gasteiger partial charge is 0.247 e. The third kappa shape index (κ3) is 3.88. The van der Waals surface area contributed by atoms with Gasteiger partial charge in [-0.1, -0.05) is 12.1 Å². The molecule has 4 rings (SSSR count). The Bertz CT molecular complexity index is 1250. The minimum absolute atomic E-state index is 0.0166. The Morgan fingerprint density at radius 1 is 1.17 bits per heavy atom. The number of thiazole rings is 1. The summed E-state index contributed by atoms with van der Waals surface area (Å²) < 4.78 is 6.70. The van der Waals surface area contributed by atoms with E-state index in [0.717, 1.165) is 21.9 Å². The number of methoxy groups -OCH3 is 1. The average molecular weight is 406 g/mol. The van der Waals surface area contributed by atoms with Crippen LogP contribution >= 0.6 is 11.3 Å². The molecule has 2 aromatic heterocycles. The highest BCUT2D eigenvalue weighted by atomic mass is 32.1. The van der Waals surface area contributed by atoms with Crippen molar-refractivity contribution in [3.63, 3.8) is 0 Å². The summed E-state index contributed by atoms with van der Waals surface area (Å²) in [6.07, 6.45) is 1.23. The predicted molar refractivity (Wildman–Crippen MR) is 113 cm³/mol. The zero-order chi connectivity index (χ0) is 20.4. The standard InChI is InChI=1S/C21H18N4O3S/c1-13-20(14-7-9-15(28-2)10-8-14)24-21(29-13)23-19(27)12-25-17-6-4-3-5-16(17)18(26)11-22-25/h3-11H,12H2,1-2H3,(H,23,24,27). The number of para-hydroxylation sites is 1. The molecule has 0 radical (unpaired) electrons. The number of carbonyl (C=O) groups is 1. The molecule has 1 N–H and O–H groups in total. The number of hydrogen-bond acceptors (Lipinski definition) is 6. The molecule has 146 valence electrons. The van der Waals surface area contributed by atoms with E-state index in [4.69, 9.17) is 4.74 Å². The summed E-state index contributed by atoms with van der Waals surface area (Å²) in [5, 5.41) is 7.96.